The summed E-state index contributed by atoms with van der Waals surface area (Å²) >= 11 is 1.77. The molecular weight excluding hydrogens is 641 g/mol. The molecule has 6 aromatic carbocycles. The van der Waals surface area contributed by atoms with Crippen LogP contribution in [0.4, 0.5) is 17.1 Å². The average Bonchev–Trinajstić information content (AvgIpc) is 3.82. The molecular formula is C43H30N2O2S2. The van der Waals surface area contributed by atoms with Gasteiger partial charge in [0.05, 0.1) is 20.8 Å². The molecule has 9 aromatic rings. The standard InChI is InChI=1S/C43H30N2O2S2/c1-43(2)36-25-27(28-23-34-32-15-9-10-16-38(32)45-41(34)35(24-28)33-21-22-48-42(33)45)17-19-39(36)49(46,47)40-20-18-31(26-37(40)43)44(29-11-5-3-6-12-29)30-13-7-4-8-14-30/h3-26H,1-2H3. The van der Waals surface area contributed by atoms with Crippen molar-refractivity contribution >= 4 is 75.6 Å². The van der Waals surface area contributed by atoms with E-state index >= 15 is 0 Å². The summed E-state index contributed by atoms with van der Waals surface area (Å²) in [5.74, 6) is 0. The third-order valence-corrected chi connectivity index (χ3v) is 13.2. The van der Waals surface area contributed by atoms with Crippen molar-refractivity contribution in [1.82, 2.24) is 4.40 Å². The smallest absolute Gasteiger partial charge is 0.207 e. The normalized spacial score (nSPS) is 14.8. The summed E-state index contributed by atoms with van der Waals surface area (Å²) in [5.41, 5.74) is 8.50. The van der Waals surface area contributed by atoms with E-state index in [2.05, 4.69) is 107 Å². The Labute approximate surface area is 288 Å². The summed E-state index contributed by atoms with van der Waals surface area (Å²) in [7, 11) is -3.76. The van der Waals surface area contributed by atoms with Gasteiger partial charge in [0.25, 0.3) is 0 Å². The largest absolute Gasteiger partial charge is 0.310 e. The molecule has 3 aromatic heterocycles. The van der Waals surface area contributed by atoms with E-state index in [9.17, 15) is 8.42 Å². The number of rotatable bonds is 4. The second-order valence-electron chi connectivity index (χ2n) is 13.4. The Hall–Kier alpha value is -5.43. The van der Waals surface area contributed by atoms with E-state index in [1.165, 1.54) is 37.4 Å². The van der Waals surface area contributed by atoms with Crippen LogP contribution in [0.15, 0.2) is 155 Å². The van der Waals surface area contributed by atoms with Crippen molar-refractivity contribution in [2.24, 2.45) is 0 Å². The number of sulfone groups is 1. The number of thiophene rings is 1. The van der Waals surface area contributed by atoms with Crippen molar-refractivity contribution in [3.63, 3.8) is 0 Å². The molecule has 0 saturated heterocycles. The fourth-order valence-electron chi connectivity index (χ4n) is 8.04. The van der Waals surface area contributed by atoms with Crippen LogP contribution < -0.4 is 4.90 Å². The highest BCUT2D eigenvalue weighted by Gasteiger charge is 2.41. The highest BCUT2D eigenvalue weighted by molar-refractivity contribution is 7.91. The van der Waals surface area contributed by atoms with Crippen molar-refractivity contribution in [2.45, 2.75) is 29.1 Å². The molecule has 0 fully saturated rings. The minimum atomic E-state index is -3.76. The van der Waals surface area contributed by atoms with Gasteiger partial charge in [-0.1, -0.05) is 74.5 Å². The summed E-state index contributed by atoms with van der Waals surface area (Å²) in [6.07, 6.45) is 0. The third-order valence-electron chi connectivity index (χ3n) is 10.4. The van der Waals surface area contributed by atoms with Crippen LogP contribution in [-0.4, -0.2) is 12.8 Å². The maximum atomic E-state index is 14.3. The first kappa shape index (κ1) is 28.6. The molecule has 0 N–H and O–H groups in total. The molecule has 4 nitrogen and oxygen atoms in total. The number of benzene rings is 6. The van der Waals surface area contributed by atoms with Gasteiger partial charge >= 0.3 is 0 Å². The summed E-state index contributed by atoms with van der Waals surface area (Å²) in [6, 6.07) is 47.5. The van der Waals surface area contributed by atoms with Crippen LogP contribution in [-0.2, 0) is 15.3 Å². The number of hydrogen-bond acceptors (Lipinski definition) is 4. The van der Waals surface area contributed by atoms with E-state index < -0.39 is 15.3 Å². The first-order valence-electron chi connectivity index (χ1n) is 16.4. The van der Waals surface area contributed by atoms with E-state index in [1.807, 2.05) is 54.6 Å². The van der Waals surface area contributed by atoms with Crippen molar-refractivity contribution < 1.29 is 8.42 Å². The van der Waals surface area contributed by atoms with E-state index in [0.29, 0.717) is 9.79 Å². The molecule has 49 heavy (non-hydrogen) atoms. The molecule has 0 amide bonds. The number of nitrogens with zero attached hydrogens (tertiary/aromatic N) is 2. The molecule has 6 heteroatoms. The van der Waals surface area contributed by atoms with Gasteiger partial charge in [0, 0.05) is 44.0 Å². The fourth-order valence-corrected chi connectivity index (χ4v) is 10.9. The zero-order valence-electron chi connectivity index (χ0n) is 26.9. The van der Waals surface area contributed by atoms with Crippen LogP contribution in [0.1, 0.15) is 25.0 Å². The zero-order valence-corrected chi connectivity index (χ0v) is 28.5. The second-order valence-corrected chi connectivity index (χ2v) is 16.2. The average molecular weight is 671 g/mol. The molecule has 0 radical (unpaired) electrons. The first-order valence-corrected chi connectivity index (χ1v) is 18.8. The maximum absolute atomic E-state index is 14.3. The van der Waals surface area contributed by atoms with Gasteiger partial charge in [0.1, 0.15) is 4.83 Å². The number of para-hydroxylation sites is 3. The number of aromatic nitrogens is 1. The third kappa shape index (κ3) is 3.93. The maximum Gasteiger partial charge on any atom is 0.207 e. The molecule has 4 heterocycles. The van der Waals surface area contributed by atoms with Crippen molar-refractivity contribution in [3.05, 3.63) is 156 Å². The van der Waals surface area contributed by atoms with Crippen LogP contribution >= 0.6 is 11.3 Å². The Morgan fingerprint density at radius 1 is 0.571 bits per heavy atom. The van der Waals surface area contributed by atoms with Crippen LogP contribution in [0.3, 0.4) is 0 Å². The van der Waals surface area contributed by atoms with Gasteiger partial charge in [-0.05, 0) is 106 Å². The molecule has 1 aliphatic heterocycles. The summed E-state index contributed by atoms with van der Waals surface area (Å²) in [5, 5.41) is 7.08. The van der Waals surface area contributed by atoms with E-state index in [-0.39, 0.29) is 0 Å². The lowest BCUT2D eigenvalue weighted by Crippen LogP contribution is -2.30. The van der Waals surface area contributed by atoms with Gasteiger partial charge < -0.3 is 4.90 Å². The van der Waals surface area contributed by atoms with Crippen LogP contribution in [0.25, 0.3) is 48.5 Å². The number of hydrogen-bond donors (Lipinski definition) is 0. The van der Waals surface area contributed by atoms with Gasteiger partial charge in [0.15, 0.2) is 0 Å². The van der Waals surface area contributed by atoms with Crippen LogP contribution in [0.5, 0.6) is 0 Å². The van der Waals surface area contributed by atoms with E-state index in [4.69, 9.17) is 0 Å². The predicted molar refractivity (Wildman–Crippen MR) is 203 cm³/mol. The Balaban J connectivity index is 1.17. The van der Waals surface area contributed by atoms with Crippen molar-refractivity contribution in [2.75, 3.05) is 4.90 Å². The van der Waals surface area contributed by atoms with Gasteiger partial charge in [0.2, 0.25) is 9.84 Å². The molecule has 0 aliphatic carbocycles. The van der Waals surface area contributed by atoms with Gasteiger partial charge in [-0.25, -0.2) is 8.42 Å². The first-order chi connectivity index (χ1) is 23.8. The lowest BCUT2D eigenvalue weighted by molar-refractivity contribution is 0.556. The van der Waals surface area contributed by atoms with Crippen LogP contribution in [0, 0.1) is 0 Å². The topological polar surface area (TPSA) is 41.8 Å². The molecule has 10 rings (SSSR count). The van der Waals surface area contributed by atoms with E-state index in [0.717, 1.165) is 39.3 Å². The SMILES string of the molecule is CC1(C)c2cc(-c3cc4c5ccccc5n5c6sccc6c(c3)c45)ccc2S(=O)(=O)c2ccc(N(c3ccccc3)c3ccccc3)cc21. The molecule has 0 saturated carbocycles. The minimum Gasteiger partial charge on any atom is -0.310 e. The van der Waals surface area contributed by atoms with Gasteiger partial charge in [-0.15, -0.1) is 11.3 Å². The van der Waals surface area contributed by atoms with Gasteiger partial charge in [-0.2, -0.15) is 0 Å². The number of fused-ring (bicyclic) bond motifs is 8. The predicted octanol–water partition coefficient (Wildman–Crippen LogP) is 11.5. The Bertz CT molecular complexity index is 2830. The van der Waals surface area contributed by atoms with E-state index in [1.54, 1.807) is 17.4 Å². The molecule has 0 spiro atoms. The summed E-state index contributed by atoms with van der Waals surface area (Å²) < 4.78 is 31.1. The Morgan fingerprint density at radius 2 is 1.18 bits per heavy atom. The zero-order chi connectivity index (χ0) is 33.1. The highest BCUT2D eigenvalue weighted by atomic mass is 32.2. The molecule has 1 aliphatic rings. The van der Waals surface area contributed by atoms with Crippen molar-refractivity contribution in [1.29, 1.82) is 0 Å². The molecule has 0 bridgehead atoms. The lowest BCUT2D eigenvalue weighted by Gasteiger charge is -2.36. The van der Waals surface area contributed by atoms with Crippen LogP contribution in [0.2, 0.25) is 0 Å². The van der Waals surface area contributed by atoms with Crippen molar-refractivity contribution in [3.8, 4) is 11.1 Å². The monoisotopic (exact) mass is 670 g/mol. The number of anilines is 3. The lowest BCUT2D eigenvalue weighted by atomic mass is 9.76. The molecule has 0 unspecified atom stereocenters. The molecule has 236 valence electrons. The fraction of sp³-hybridized carbons (Fsp3) is 0.0698. The Kier molecular flexibility index (Phi) is 5.86. The second kappa shape index (κ2) is 10.0. The summed E-state index contributed by atoms with van der Waals surface area (Å²) in [6.45, 7) is 4.30. The van der Waals surface area contributed by atoms with Gasteiger partial charge in [-0.3, -0.25) is 4.40 Å². The highest BCUT2D eigenvalue weighted by Crippen LogP contribution is 2.50. The quantitative estimate of drug-likeness (QED) is 0.187. The molecule has 0 atom stereocenters. The summed E-state index contributed by atoms with van der Waals surface area (Å²) in [4.78, 5) is 4.19. The minimum absolute atomic E-state index is 0.370. The Morgan fingerprint density at radius 3 is 1.90 bits per heavy atom.